The number of aromatic nitrogens is 3. The van der Waals surface area contributed by atoms with Gasteiger partial charge in [-0.05, 0) is 37.8 Å². The summed E-state index contributed by atoms with van der Waals surface area (Å²) in [6.45, 7) is 4.01. The van der Waals surface area contributed by atoms with E-state index in [2.05, 4.69) is 21.4 Å². The minimum Gasteiger partial charge on any atom is -0.361 e. The Morgan fingerprint density at radius 3 is 2.83 bits per heavy atom. The quantitative estimate of drug-likeness (QED) is 0.675. The molecule has 0 spiro atoms. The van der Waals surface area contributed by atoms with Gasteiger partial charge in [-0.2, -0.15) is 0 Å². The van der Waals surface area contributed by atoms with Crippen LogP contribution in [0.25, 0.3) is 10.9 Å². The van der Waals surface area contributed by atoms with Crippen LogP contribution in [0.15, 0.2) is 47.7 Å². The fourth-order valence-electron chi connectivity index (χ4n) is 4.02. The zero-order valence-electron chi connectivity index (χ0n) is 16.7. The monoisotopic (exact) mass is 393 g/mol. The standard InChI is InChI=1S/C22H27N5O2/c1-2-26-13-10-23-20(22(26)29)25-19(21(28)27-11-6-3-7-12-27)14-16-15-24-18-9-5-4-8-17(16)18/h4-5,8-10,13,15,19,24H,2-3,6-7,11-12,14H2,1H3,(H,23,25)/t19-/m0/s1. The minimum atomic E-state index is -0.541. The van der Waals surface area contributed by atoms with Crippen LogP contribution in [0.4, 0.5) is 5.82 Å². The number of nitrogens with one attached hydrogen (secondary N) is 2. The summed E-state index contributed by atoms with van der Waals surface area (Å²) < 4.78 is 1.59. The first-order valence-corrected chi connectivity index (χ1v) is 10.3. The van der Waals surface area contributed by atoms with E-state index in [9.17, 15) is 9.59 Å². The van der Waals surface area contributed by atoms with Gasteiger partial charge in [-0.1, -0.05) is 18.2 Å². The number of para-hydroxylation sites is 1. The van der Waals surface area contributed by atoms with Crippen molar-refractivity contribution in [1.82, 2.24) is 19.4 Å². The fraction of sp³-hybridized carbons (Fsp3) is 0.409. The molecule has 1 aromatic carbocycles. The Labute approximate surface area is 169 Å². The molecule has 7 heteroatoms. The van der Waals surface area contributed by atoms with E-state index in [-0.39, 0.29) is 17.3 Å². The number of carbonyl (C=O) groups excluding carboxylic acids is 1. The third-order valence-corrected chi connectivity index (χ3v) is 5.63. The van der Waals surface area contributed by atoms with Crippen LogP contribution in [-0.2, 0) is 17.8 Å². The number of aryl methyl sites for hydroxylation is 1. The average molecular weight is 393 g/mol. The third kappa shape index (κ3) is 4.04. The summed E-state index contributed by atoms with van der Waals surface area (Å²) in [6.07, 6.45) is 8.91. The number of hydrogen-bond acceptors (Lipinski definition) is 4. The number of benzene rings is 1. The second-order valence-corrected chi connectivity index (χ2v) is 7.51. The van der Waals surface area contributed by atoms with Crippen molar-refractivity contribution < 1.29 is 4.79 Å². The molecule has 7 nitrogen and oxygen atoms in total. The van der Waals surface area contributed by atoms with Crippen LogP contribution in [0.2, 0.25) is 0 Å². The van der Waals surface area contributed by atoms with Crippen molar-refractivity contribution in [3.8, 4) is 0 Å². The molecule has 0 aliphatic carbocycles. The number of nitrogens with zero attached hydrogens (tertiary/aromatic N) is 3. The average Bonchev–Trinajstić information content (AvgIpc) is 3.17. The van der Waals surface area contributed by atoms with Crippen LogP contribution < -0.4 is 10.9 Å². The van der Waals surface area contributed by atoms with Crippen molar-refractivity contribution in [3.05, 3.63) is 58.8 Å². The maximum atomic E-state index is 13.3. The lowest BCUT2D eigenvalue weighted by molar-refractivity contribution is -0.132. The maximum absolute atomic E-state index is 13.3. The van der Waals surface area contributed by atoms with E-state index in [1.54, 1.807) is 17.0 Å². The molecule has 0 unspecified atom stereocenters. The van der Waals surface area contributed by atoms with Crippen LogP contribution in [0.1, 0.15) is 31.7 Å². The summed E-state index contributed by atoms with van der Waals surface area (Å²) in [7, 11) is 0. The minimum absolute atomic E-state index is 0.0306. The molecular weight excluding hydrogens is 366 g/mol. The van der Waals surface area contributed by atoms with Gasteiger partial charge in [0.1, 0.15) is 6.04 Å². The number of rotatable bonds is 6. The van der Waals surface area contributed by atoms with E-state index in [0.29, 0.717) is 13.0 Å². The zero-order valence-corrected chi connectivity index (χ0v) is 16.7. The third-order valence-electron chi connectivity index (χ3n) is 5.63. The van der Waals surface area contributed by atoms with Gasteiger partial charge in [0.15, 0.2) is 5.82 Å². The molecule has 1 aliphatic rings. The van der Waals surface area contributed by atoms with Crippen LogP contribution in [0, 0.1) is 0 Å². The smallest absolute Gasteiger partial charge is 0.293 e. The molecule has 2 N–H and O–H groups in total. The van der Waals surface area contributed by atoms with Crippen molar-refractivity contribution in [3.63, 3.8) is 0 Å². The van der Waals surface area contributed by atoms with Crippen LogP contribution in [-0.4, -0.2) is 44.5 Å². The summed E-state index contributed by atoms with van der Waals surface area (Å²) in [6, 6.07) is 7.51. The molecule has 1 atom stereocenters. The predicted octanol–water partition coefficient (Wildman–Crippen LogP) is 2.78. The number of H-pyrrole nitrogens is 1. The van der Waals surface area contributed by atoms with Gasteiger partial charge in [0, 0.05) is 55.5 Å². The van der Waals surface area contributed by atoms with Gasteiger partial charge in [-0.15, -0.1) is 0 Å². The van der Waals surface area contributed by atoms with E-state index in [1.165, 1.54) is 0 Å². The van der Waals surface area contributed by atoms with Crippen molar-refractivity contribution in [2.24, 2.45) is 0 Å². The Hall–Kier alpha value is -3.09. The number of piperidine rings is 1. The summed E-state index contributed by atoms with van der Waals surface area (Å²) in [5.41, 5.74) is 1.89. The molecule has 3 heterocycles. The number of hydrogen-bond donors (Lipinski definition) is 2. The first kappa shape index (κ1) is 19.2. The number of amides is 1. The molecule has 1 aliphatic heterocycles. The molecule has 3 aromatic rings. The Balaban J connectivity index is 1.65. The molecular formula is C22H27N5O2. The number of anilines is 1. The van der Waals surface area contributed by atoms with Gasteiger partial charge in [0.25, 0.3) is 5.56 Å². The first-order chi connectivity index (χ1) is 14.2. The highest BCUT2D eigenvalue weighted by Gasteiger charge is 2.27. The van der Waals surface area contributed by atoms with Crippen LogP contribution in [0.5, 0.6) is 0 Å². The first-order valence-electron chi connectivity index (χ1n) is 10.3. The van der Waals surface area contributed by atoms with Gasteiger partial charge in [-0.25, -0.2) is 4.98 Å². The number of likely N-dealkylation sites (tertiary alicyclic amines) is 1. The number of carbonyl (C=O) groups is 1. The van der Waals surface area contributed by atoms with Crippen molar-refractivity contribution in [1.29, 1.82) is 0 Å². The van der Waals surface area contributed by atoms with Gasteiger partial charge in [0.05, 0.1) is 0 Å². The maximum Gasteiger partial charge on any atom is 0.293 e. The van der Waals surface area contributed by atoms with Crippen molar-refractivity contribution in [2.75, 3.05) is 18.4 Å². The Kier molecular flexibility index (Phi) is 5.64. The zero-order chi connectivity index (χ0) is 20.2. The Morgan fingerprint density at radius 1 is 1.24 bits per heavy atom. The number of fused-ring (bicyclic) bond motifs is 1. The summed E-state index contributed by atoms with van der Waals surface area (Å²) >= 11 is 0. The Morgan fingerprint density at radius 2 is 2.03 bits per heavy atom. The van der Waals surface area contributed by atoms with Crippen molar-refractivity contribution in [2.45, 2.75) is 45.2 Å². The van der Waals surface area contributed by atoms with E-state index >= 15 is 0 Å². The molecule has 1 saturated heterocycles. The van der Waals surface area contributed by atoms with Gasteiger partial charge < -0.3 is 19.8 Å². The van der Waals surface area contributed by atoms with E-state index in [4.69, 9.17) is 0 Å². The number of aromatic amines is 1. The topological polar surface area (TPSA) is 83.0 Å². The molecule has 0 radical (unpaired) electrons. The predicted molar refractivity (Wildman–Crippen MR) is 114 cm³/mol. The van der Waals surface area contributed by atoms with Gasteiger partial charge >= 0.3 is 0 Å². The van der Waals surface area contributed by atoms with Crippen LogP contribution in [0.3, 0.4) is 0 Å². The normalized spacial score (nSPS) is 15.4. The molecule has 0 bridgehead atoms. The summed E-state index contributed by atoms with van der Waals surface area (Å²) in [5.74, 6) is 0.257. The molecule has 0 saturated carbocycles. The van der Waals surface area contributed by atoms with Crippen LogP contribution >= 0.6 is 0 Å². The van der Waals surface area contributed by atoms with E-state index in [1.807, 2.05) is 36.2 Å². The van der Waals surface area contributed by atoms with Gasteiger partial charge in [0.2, 0.25) is 5.91 Å². The summed E-state index contributed by atoms with van der Waals surface area (Å²) in [4.78, 5) is 35.4. The summed E-state index contributed by atoms with van der Waals surface area (Å²) in [5, 5.41) is 4.27. The second kappa shape index (κ2) is 8.51. The highest BCUT2D eigenvalue weighted by molar-refractivity contribution is 5.87. The van der Waals surface area contributed by atoms with Gasteiger partial charge in [-0.3, -0.25) is 9.59 Å². The second-order valence-electron chi connectivity index (χ2n) is 7.51. The highest BCUT2D eigenvalue weighted by Crippen LogP contribution is 2.21. The molecule has 4 rings (SSSR count). The lowest BCUT2D eigenvalue weighted by Crippen LogP contribution is -2.47. The lowest BCUT2D eigenvalue weighted by atomic mass is 10.0. The molecule has 2 aromatic heterocycles. The molecule has 1 amide bonds. The molecule has 29 heavy (non-hydrogen) atoms. The van der Waals surface area contributed by atoms with Crippen molar-refractivity contribution >= 4 is 22.6 Å². The fourth-order valence-corrected chi connectivity index (χ4v) is 4.02. The Bertz CT molecular complexity index is 1050. The van der Waals surface area contributed by atoms with E-state index < -0.39 is 6.04 Å². The lowest BCUT2D eigenvalue weighted by Gasteiger charge is -2.31. The molecule has 152 valence electrons. The van der Waals surface area contributed by atoms with E-state index in [0.717, 1.165) is 48.8 Å². The largest absolute Gasteiger partial charge is 0.361 e. The molecule has 1 fully saturated rings. The highest BCUT2D eigenvalue weighted by atomic mass is 16.2. The SMILES string of the molecule is CCn1ccnc(N[C@@H](Cc2c[nH]c3ccccc23)C(=O)N2CCCCC2)c1=O.